The van der Waals surface area contributed by atoms with E-state index in [1.165, 1.54) is 0 Å². The maximum absolute atomic E-state index is 12.4. The Labute approximate surface area is 141 Å². The summed E-state index contributed by atoms with van der Waals surface area (Å²) in [5.41, 5.74) is 7.94. The summed E-state index contributed by atoms with van der Waals surface area (Å²) in [6.07, 6.45) is 3.35. The summed E-state index contributed by atoms with van der Waals surface area (Å²) in [6.45, 7) is 6.32. The molecule has 1 aromatic heterocycles. The number of aromatic nitrogens is 2. The summed E-state index contributed by atoms with van der Waals surface area (Å²) in [7, 11) is 0. The first-order valence-corrected chi connectivity index (χ1v) is 8.15. The Balaban J connectivity index is 2.14. The Kier molecular flexibility index (Phi) is 5.44. The molecular weight excluding hydrogens is 312 g/mol. The van der Waals surface area contributed by atoms with Gasteiger partial charge in [-0.1, -0.05) is 25.4 Å². The highest BCUT2D eigenvalue weighted by molar-refractivity contribution is 6.30. The standard InChI is InChI=1S/C17H23ClN4O/c1-4-17(19,5-2)11-20-16(23)15-10-22(21-12(15)3)14-8-6-13(18)7-9-14/h6-10H,4-5,11,19H2,1-3H3,(H,20,23). The number of rotatable bonds is 6. The van der Waals surface area contributed by atoms with E-state index in [-0.39, 0.29) is 11.4 Å². The lowest BCUT2D eigenvalue weighted by Crippen LogP contribution is -2.49. The number of aryl methyl sites for hydroxylation is 1. The minimum Gasteiger partial charge on any atom is -0.350 e. The molecule has 0 atom stereocenters. The second-order valence-corrected chi connectivity index (χ2v) is 6.24. The van der Waals surface area contributed by atoms with Crippen molar-refractivity contribution in [3.05, 3.63) is 46.7 Å². The summed E-state index contributed by atoms with van der Waals surface area (Å²) in [5.74, 6) is -0.153. The Morgan fingerprint density at radius 3 is 2.48 bits per heavy atom. The van der Waals surface area contributed by atoms with Crippen LogP contribution in [0, 0.1) is 6.92 Å². The van der Waals surface area contributed by atoms with Gasteiger partial charge in [0.2, 0.25) is 0 Å². The van der Waals surface area contributed by atoms with E-state index in [2.05, 4.69) is 10.4 Å². The van der Waals surface area contributed by atoms with E-state index < -0.39 is 0 Å². The van der Waals surface area contributed by atoms with Gasteiger partial charge < -0.3 is 11.1 Å². The van der Waals surface area contributed by atoms with E-state index in [1.807, 2.05) is 32.9 Å². The smallest absolute Gasteiger partial charge is 0.254 e. The molecule has 2 aromatic rings. The topological polar surface area (TPSA) is 72.9 Å². The maximum Gasteiger partial charge on any atom is 0.254 e. The molecule has 0 spiro atoms. The first kappa shape index (κ1) is 17.5. The third-order valence-electron chi connectivity index (χ3n) is 4.24. The van der Waals surface area contributed by atoms with Gasteiger partial charge in [-0.15, -0.1) is 0 Å². The fraction of sp³-hybridized carbons (Fsp3) is 0.412. The van der Waals surface area contributed by atoms with Crippen molar-refractivity contribution in [3.8, 4) is 5.69 Å². The highest BCUT2D eigenvalue weighted by Crippen LogP contribution is 2.16. The maximum atomic E-state index is 12.4. The highest BCUT2D eigenvalue weighted by atomic mass is 35.5. The minimum atomic E-state index is -0.365. The second kappa shape index (κ2) is 7.15. The summed E-state index contributed by atoms with van der Waals surface area (Å²) in [4.78, 5) is 12.4. The molecule has 0 saturated carbocycles. The van der Waals surface area contributed by atoms with Crippen LogP contribution in [0.5, 0.6) is 0 Å². The number of carbonyl (C=O) groups is 1. The van der Waals surface area contributed by atoms with Gasteiger partial charge in [0.05, 0.1) is 16.9 Å². The molecular formula is C17H23ClN4O. The Hall–Kier alpha value is -1.85. The van der Waals surface area contributed by atoms with Crippen LogP contribution in [-0.4, -0.2) is 27.8 Å². The molecule has 0 unspecified atom stereocenters. The average Bonchev–Trinajstić information content (AvgIpc) is 2.95. The molecule has 0 aliphatic heterocycles. The molecule has 0 bridgehead atoms. The number of hydrogen-bond donors (Lipinski definition) is 2. The Bertz CT molecular complexity index is 674. The zero-order chi connectivity index (χ0) is 17.0. The van der Waals surface area contributed by atoms with E-state index >= 15 is 0 Å². The fourth-order valence-electron chi connectivity index (χ4n) is 2.26. The number of nitrogens with zero attached hydrogens (tertiary/aromatic N) is 2. The molecule has 6 heteroatoms. The van der Waals surface area contributed by atoms with Crippen molar-refractivity contribution >= 4 is 17.5 Å². The summed E-state index contributed by atoms with van der Waals surface area (Å²) in [6, 6.07) is 7.29. The van der Waals surface area contributed by atoms with Crippen LogP contribution in [0.15, 0.2) is 30.5 Å². The molecule has 2 rings (SSSR count). The van der Waals surface area contributed by atoms with Gasteiger partial charge in [0, 0.05) is 23.3 Å². The van der Waals surface area contributed by atoms with E-state index in [1.54, 1.807) is 23.0 Å². The largest absolute Gasteiger partial charge is 0.350 e. The van der Waals surface area contributed by atoms with Crippen LogP contribution in [0.1, 0.15) is 42.7 Å². The molecule has 23 heavy (non-hydrogen) atoms. The molecule has 0 aliphatic rings. The van der Waals surface area contributed by atoms with Crippen LogP contribution >= 0.6 is 11.6 Å². The average molecular weight is 335 g/mol. The number of nitrogens with two attached hydrogens (primary N) is 1. The van der Waals surface area contributed by atoms with Gasteiger partial charge in [-0.05, 0) is 44.0 Å². The van der Waals surface area contributed by atoms with Gasteiger partial charge in [0.25, 0.3) is 5.91 Å². The molecule has 0 fully saturated rings. The number of carbonyl (C=O) groups excluding carboxylic acids is 1. The van der Waals surface area contributed by atoms with Crippen molar-refractivity contribution in [1.82, 2.24) is 15.1 Å². The number of benzene rings is 1. The third kappa shape index (κ3) is 4.12. The number of hydrogen-bond acceptors (Lipinski definition) is 3. The molecule has 5 nitrogen and oxygen atoms in total. The second-order valence-electron chi connectivity index (χ2n) is 5.80. The van der Waals surface area contributed by atoms with E-state index in [0.717, 1.165) is 18.5 Å². The number of amides is 1. The van der Waals surface area contributed by atoms with Crippen molar-refractivity contribution in [3.63, 3.8) is 0 Å². The van der Waals surface area contributed by atoms with E-state index in [9.17, 15) is 4.79 Å². The Morgan fingerprint density at radius 2 is 1.91 bits per heavy atom. The van der Waals surface area contributed by atoms with Crippen molar-refractivity contribution in [1.29, 1.82) is 0 Å². The number of halogens is 1. The molecule has 1 heterocycles. The van der Waals surface area contributed by atoms with Gasteiger partial charge in [0.15, 0.2) is 0 Å². The van der Waals surface area contributed by atoms with Gasteiger partial charge in [-0.2, -0.15) is 5.10 Å². The molecule has 3 N–H and O–H groups in total. The minimum absolute atomic E-state index is 0.153. The van der Waals surface area contributed by atoms with Crippen LogP contribution in [0.2, 0.25) is 5.02 Å². The molecule has 1 amide bonds. The quantitative estimate of drug-likeness (QED) is 0.852. The lowest BCUT2D eigenvalue weighted by Gasteiger charge is -2.26. The first-order chi connectivity index (χ1) is 10.9. The van der Waals surface area contributed by atoms with Gasteiger partial charge in [0.1, 0.15) is 0 Å². The Morgan fingerprint density at radius 1 is 1.30 bits per heavy atom. The first-order valence-electron chi connectivity index (χ1n) is 7.78. The summed E-state index contributed by atoms with van der Waals surface area (Å²) < 4.78 is 1.68. The van der Waals surface area contributed by atoms with Crippen molar-refractivity contribution in [2.24, 2.45) is 5.73 Å². The predicted molar refractivity (Wildman–Crippen MR) is 93.1 cm³/mol. The molecule has 1 aromatic carbocycles. The third-order valence-corrected chi connectivity index (χ3v) is 4.50. The van der Waals surface area contributed by atoms with Gasteiger partial charge in [-0.3, -0.25) is 4.79 Å². The molecule has 0 aliphatic carbocycles. The monoisotopic (exact) mass is 334 g/mol. The normalized spacial score (nSPS) is 11.5. The van der Waals surface area contributed by atoms with Crippen LogP contribution < -0.4 is 11.1 Å². The van der Waals surface area contributed by atoms with Gasteiger partial charge >= 0.3 is 0 Å². The van der Waals surface area contributed by atoms with Gasteiger partial charge in [-0.25, -0.2) is 4.68 Å². The predicted octanol–water partition coefficient (Wildman–Crippen LogP) is 3.08. The van der Waals surface area contributed by atoms with Crippen molar-refractivity contribution < 1.29 is 4.79 Å². The van der Waals surface area contributed by atoms with Crippen LogP contribution in [0.25, 0.3) is 5.69 Å². The van der Waals surface area contributed by atoms with Crippen molar-refractivity contribution in [2.75, 3.05) is 6.54 Å². The van der Waals surface area contributed by atoms with Crippen molar-refractivity contribution in [2.45, 2.75) is 39.2 Å². The van der Waals surface area contributed by atoms with E-state index in [4.69, 9.17) is 17.3 Å². The van der Waals surface area contributed by atoms with Crippen LogP contribution in [0.4, 0.5) is 0 Å². The SMILES string of the molecule is CCC(N)(CC)CNC(=O)c1cn(-c2ccc(Cl)cc2)nc1C. The lowest BCUT2D eigenvalue weighted by atomic mass is 9.94. The molecule has 0 saturated heterocycles. The highest BCUT2D eigenvalue weighted by Gasteiger charge is 2.22. The lowest BCUT2D eigenvalue weighted by molar-refractivity contribution is 0.0941. The molecule has 0 radical (unpaired) electrons. The summed E-state index contributed by atoms with van der Waals surface area (Å²) >= 11 is 5.89. The zero-order valence-corrected chi connectivity index (χ0v) is 14.5. The van der Waals surface area contributed by atoms with Crippen LogP contribution in [-0.2, 0) is 0 Å². The van der Waals surface area contributed by atoms with Crippen LogP contribution in [0.3, 0.4) is 0 Å². The van der Waals surface area contributed by atoms with E-state index in [0.29, 0.717) is 22.8 Å². The molecule has 124 valence electrons. The summed E-state index contributed by atoms with van der Waals surface area (Å²) in [5, 5.41) is 7.98. The fourth-order valence-corrected chi connectivity index (χ4v) is 2.39. The zero-order valence-electron chi connectivity index (χ0n) is 13.8. The number of nitrogens with one attached hydrogen (secondary N) is 1.